The number of amides is 1. The van der Waals surface area contributed by atoms with Crippen molar-refractivity contribution in [1.29, 1.82) is 0 Å². The highest BCUT2D eigenvalue weighted by Gasteiger charge is 2.15. The molecule has 0 aliphatic carbocycles. The lowest BCUT2D eigenvalue weighted by atomic mass is 10.2. The van der Waals surface area contributed by atoms with Gasteiger partial charge in [0, 0.05) is 12.6 Å². The molecule has 5 nitrogen and oxygen atoms in total. The van der Waals surface area contributed by atoms with Gasteiger partial charge in [-0.2, -0.15) is 4.99 Å². The number of fused-ring (bicyclic) bond motifs is 2. The Hall–Kier alpha value is -2.31. The van der Waals surface area contributed by atoms with Gasteiger partial charge in [-0.1, -0.05) is 29.0 Å². The van der Waals surface area contributed by atoms with E-state index in [1.54, 1.807) is 18.2 Å². The second-order valence-corrected chi connectivity index (χ2v) is 7.15. The van der Waals surface area contributed by atoms with Crippen LogP contribution in [0, 0.1) is 6.92 Å². The number of carbonyl (C=O) groups is 1. The van der Waals surface area contributed by atoms with Gasteiger partial charge in [-0.3, -0.25) is 4.79 Å². The molecule has 25 heavy (non-hydrogen) atoms. The maximum atomic E-state index is 12.6. The van der Waals surface area contributed by atoms with Crippen LogP contribution in [0.3, 0.4) is 0 Å². The molecule has 1 aliphatic heterocycles. The first-order chi connectivity index (χ1) is 12.0. The first kappa shape index (κ1) is 16.2. The minimum atomic E-state index is -0.326. The summed E-state index contributed by atoms with van der Waals surface area (Å²) in [4.78, 5) is 17.5. The molecular formula is C18H15ClN2O3S. The number of nitrogens with zero attached hydrogens (tertiary/aromatic N) is 2. The van der Waals surface area contributed by atoms with Crippen LogP contribution in [0.1, 0.15) is 15.9 Å². The third-order valence-corrected chi connectivity index (χ3v) is 5.68. The lowest BCUT2D eigenvalue weighted by Gasteiger charge is -2.18. The molecular weight excluding hydrogens is 360 g/mol. The van der Waals surface area contributed by atoms with Gasteiger partial charge in [-0.25, -0.2) is 0 Å². The predicted octanol–water partition coefficient (Wildman–Crippen LogP) is 3.71. The van der Waals surface area contributed by atoms with Gasteiger partial charge in [0.05, 0.1) is 15.2 Å². The van der Waals surface area contributed by atoms with Gasteiger partial charge in [0.25, 0.3) is 5.91 Å². The number of hydrogen-bond donors (Lipinski definition) is 0. The summed E-state index contributed by atoms with van der Waals surface area (Å²) in [5, 5.41) is 0.662. The highest BCUT2D eigenvalue weighted by molar-refractivity contribution is 7.17. The Morgan fingerprint density at radius 1 is 1.20 bits per heavy atom. The van der Waals surface area contributed by atoms with Crippen molar-refractivity contribution in [2.45, 2.75) is 6.92 Å². The van der Waals surface area contributed by atoms with Crippen molar-refractivity contribution in [3.8, 4) is 11.5 Å². The van der Waals surface area contributed by atoms with E-state index in [4.69, 9.17) is 21.1 Å². The van der Waals surface area contributed by atoms with Gasteiger partial charge < -0.3 is 14.0 Å². The molecule has 0 N–H and O–H groups in total. The fourth-order valence-electron chi connectivity index (χ4n) is 2.84. The van der Waals surface area contributed by atoms with Crippen LogP contribution in [0.2, 0.25) is 5.02 Å². The van der Waals surface area contributed by atoms with Crippen LogP contribution < -0.4 is 14.3 Å². The van der Waals surface area contributed by atoms with Gasteiger partial charge in [-0.15, -0.1) is 0 Å². The molecule has 1 aromatic heterocycles. The van der Waals surface area contributed by atoms with Crippen LogP contribution in [-0.4, -0.2) is 23.7 Å². The quantitative estimate of drug-likeness (QED) is 0.652. The molecule has 2 aromatic carbocycles. The number of rotatable bonds is 1. The van der Waals surface area contributed by atoms with Crippen LogP contribution in [0.4, 0.5) is 0 Å². The van der Waals surface area contributed by atoms with E-state index >= 15 is 0 Å². The van der Waals surface area contributed by atoms with E-state index in [-0.39, 0.29) is 5.91 Å². The number of aryl methyl sites for hydroxylation is 2. The molecule has 0 spiro atoms. The normalized spacial score (nSPS) is 14.1. The van der Waals surface area contributed by atoms with Crippen molar-refractivity contribution < 1.29 is 14.3 Å². The molecule has 3 aromatic rings. The molecule has 2 heterocycles. The maximum Gasteiger partial charge on any atom is 0.279 e. The topological polar surface area (TPSA) is 52.8 Å². The summed E-state index contributed by atoms with van der Waals surface area (Å²) in [5.41, 5.74) is 2.54. The molecule has 0 saturated heterocycles. The highest BCUT2D eigenvalue weighted by Crippen LogP contribution is 2.31. The summed E-state index contributed by atoms with van der Waals surface area (Å²) in [6, 6.07) is 8.94. The van der Waals surface area contributed by atoms with Crippen molar-refractivity contribution in [1.82, 2.24) is 4.57 Å². The van der Waals surface area contributed by atoms with Crippen LogP contribution in [0.25, 0.3) is 10.2 Å². The van der Waals surface area contributed by atoms with E-state index in [1.165, 1.54) is 11.3 Å². The molecule has 1 amide bonds. The van der Waals surface area contributed by atoms with Gasteiger partial charge in [-0.05, 0) is 36.8 Å². The van der Waals surface area contributed by atoms with Crippen molar-refractivity contribution in [3.05, 3.63) is 51.3 Å². The Kier molecular flexibility index (Phi) is 4.01. The van der Waals surface area contributed by atoms with Gasteiger partial charge >= 0.3 is 0 Å². The predicted molar refractivity (Wildman–Crippen MR) is 97.9 cm³/mol. The molecule has 128 valence electrons. The summed E-state index contributed by atoms with van der Waals surface area (Å²) in [6.45, 7) is 3.00. The van der Waals surface area contributed by atoms with E-state index in [1.807, 2.05) is 30.7 Å². The minimum absolute atomic E-state index is 0.326. The summed E-state index contributed by atoms with van der Waals surface area (Å²) < 4.78 is 13.8. The SMILES string of the molecule is Cc1ccc(Cl)c2sc(=NC(=O)c3ccc4c(c3)OCCO4)n(C)c12. The molecule has 0 fully saturated rings. The molecule has 0 atom stereocenters. The Balaban J connectivity index is 1.80. The van der Waals surface area contributed by atoms with Crippen molar-refractivity contribution in [3.63, 3.8) is 0 Å². The molecule has 1 aliphatic rings. The lowest BCUT2D eigenvalue weighted by molar-refractivity contribution is 0.0996. The number of hydrogen-bond acceptors (Lipinski definition) is 4. The number of aromatic nitrogens is 1. The third kappa shape index (κ3) is 2.81. The summed E-state index contributed by atoms with van der Waals surface area (Å²) in [6.07, 6.45) is 0. The van der Waals surface area contributed by atoms with Crippen molar-refractivity contribution >= 4 is 39.1 Å². The molecule has 7 heteroatoms. The smallest absolute Gasteiger partial charge is 0.279 e. The Morgan fingerprint density at radius 2 is 1.96 bits per heavy atom. The second-order valence-electron chi connectivity index (χ2n) is 5.76. The monoisotopic (exact) mass is 374 g/mol. The third-order valence-electron chi connectivity index (χ3n) is 4.09. The first-order valence-corrected chi connectivity index (χ1v) is 8.97. The Labute approximate surface area is 153 Å². The summed E-state index contributed by atoms with van der Waals surface area (Å²) in [7, 11) is 1.89. The van der Waals surface area contributed by atoms with E-state index in [9.17, 15) is 4.79 Å². The average molecular weight is 375 g/mol. The second kappa shape index (κ2) is 6.20. The number of ether oxygens (including phenoxy) is 2. The number of benzene rings is 2. The van der Waals surface area contributed by atoms with Crippen LogP contribution in [-0.2, 0) is 7.05 Å². The zero-order chi connectivity index (χ0) is 17.6. The van der Waals surface area contributed by atoms with Crippen LogP contribution >= 0.6 is 22.9 Å². The summed E-state index contributed by atoms with van der Waals surface area (Å²) >= 11 is 7.69. The van der Waals surface area contributed by atoms with E-state index in [0.717, 1.165) is 15.8 Å². The Bertz CT molecular complexity index is 1070. The van der Waals surface area contributed by atoms with E-state index < -0.39 is 0 Å². The molecule has 0 saturated carbocycles. The van der Waals surface area contributed by atoms with Crippen LogP contribution in [0.5, 0.6) is 11.5 Å². The lowest BCUT2D eigenvalue weighted by Crippen LogP contribution is -2.16. The zero-order valence-electron chi connectivity index (χ0n) is 13.7. The number of carbonyl (C=O) groups excluding carboxylic acids is 1. The largest absolute Gasteiger partial charge is 0.486 e. The first-order valence-electron chi connectivity index (χ1n) is 7.78. The molecule has 0 bridgehead atoms. The zero-order valence-corrected chi connectivity index (χ0v) is 15.3. The average Bonchev–Trinajstić information content (AvgIpc) is 2.95. The van der Waals surface area contributed by atoms with E-state index in [0.29, 0.717) is 40.1 Å². The maximum absolute atomic E-state index is 12.6. The van der Waals surface area contributed by atoms with Gasteiger partial charge in [0.1, 0.15) is 13.2 Å². The fraction of sp³-hybridized carbons (Fsp3) is 0.222. The molecule has 0 radical (unpaired) electrons. The van der Waals surface area contributed by atoms with Gasteiger partial charge in [0.15, 0.2) is 16.3 Å². The minimum Gasteiger partial charge on any atom is -0.486 e. The fourth-order valence-corrected chi connectivity index (χ4v) is 4.21. The molecule has 4 rings (SSSR count). The number of halogens is 1. The number of thiazole rings is 1. The molecule has 0 unspecified atom stereocenters. The van der Waals surface area contributed by atoms with Crippen molar-refractivity contribution in [2.75, 3.05) is 13.2 Å². The standard InChI is InChI=1S/C18H15ClN2O3S/c1-10-3-5-12(19)16-15(10)21(2)18(25-16)20-17(22)11-4-6-13-14(9-11)24-8-7-23-13/h3-6,9H,7-8H2,1-2H3. The van der Waals surface area contributed by atoms with Gasteiger partial charge in [0.2, 0.25) is 0 Å². The van der Waals surface area contributed by atoms with Crippen molar-refractivity contribution in [2.24, 2.45) is 12.0 Å². The Morgan fingerprint density at radius 3 is 2.72 bits per heavy atom. The highest BCUT2D eigenvalue weighted by atomic mass is 35.5. The summed E-state index contributed by atoms with van der Waals surface area (Å²) in [5.74, 6) is 0.900. The van der Waals surface area contributed by atoms with E-state index in [2.05, 4.69) is 4.99 Å². The van der Waals surface area contributed by atoms with Crippen LogP contribution in [0.15, 0.2) is 35.3 Å².